The number of fused-ring (bicyclic) bond motifs is 1. The topological polar surface area (TPSA) is 48.0 Å². The average molecular weight is 320 g/mol. The van der Waals surface area contributed by atoms with Crippen LogP contribution in [0.3, 0.4) is 0 Å². The zero-order chi connectivity index (χ0) is 17.3. The summed E-state index contributed by atoms with van der Waals surface area (Å²) >= 11 is 0. The molecular formula is C21H24N2O. The molecule has 124 valence electrons. The van der Waals surface area contributed by atoms with E-state index in [1.807, 2.05) is 42.6 Å². The lowest BCUT2D eigenvalue weighted by Gasteiger charge is -2.19. The Labute approximate surface area is 142 Å². The van der Waals surface area contributed by atoms with Crippen LogP contribution >= 0.6 is 0 Å². The summed E-state index contributed by atoms with van der Waals surface area (Å²) < 4.78 is 1.76. The number of pyridine rings is 1. The second kappa shape index (κ2) is 6.25. The van der Waals surface area contributed by atoms with Crippen molar-refractivity contribution in [3.8, 4) is 0 Å². The second-order valence-corrected chi connectivity index (χ2v) is 7.32. The van der Waals surface area contributed by atoms with Gasteiger partial charge in [-0.3, -0.25) is 4.79 Å². The van der Waals surface area contributed by atoms with Crippen molar-refractivity contribution >= 4 is 10.8 Å². The van der Waals surface area contributed by atoms with Crippen LogP contribution in [0, 0.1) is 0 Å². The number of rotatable bonds is 3. The van der Waals surface area contributed by atoms with E-state index in [9.17, 15) is 4.79 Å². The summed E-state index contributed by atoms with van der Waals surface area (Å²) in [5.74, 6) is 0. The lowest BCUT2D eigenvalue weighted by atomic mass is 9.86. The molecule has 0 unspecified atom stereocenters. The van der Waals surface area contributed by atoms with Gasteiger partial charge in [-0.05, 0) is 39.6 Å². The zero-order valence-corrected chi connectivity index (χ0v) is 14.5. The van der Waals surface area contributed by atoms with Crippen molar-refractivity contribution in [3.05, 3.63) is 81.8 Å². The van der Waals surface area contributed by atoms with E-state index in [0.717, 1.165) is 21.9 Å². The Morgan fingerprint density at radius 3 is 2.25 bits per heavy atom. The lowest BCUT2D eigenvalue weighted by molar-refractivity contribution is 0.591. The first-order chi connectivity index (χ1) is 11.4. The maximum absolute atomic E-state index is 12.8. The van der Waals surface area contributed by atoms with E-state index >= 15 is 0 Å². The van der Waals surface area contributed by atoms with Gasteiger partial charge >= 0.3 is 0 Å². The van der Waals surface area contributed by atoms with E-state index in [-0.39, 0.29) is 11.0 Å². The molecule has 0 saturated heterocycles. The minimum atomic E-state index is 0.0517. The molecule has 2 N–H and O–H groups in total. The van der Waals surface area contributed by atoms with Gasteiger partial charge < -0.3 is 10.3 Å². The normalized spacial score (nSPS) is 11.8. The van der Waals surface area contributed by atoms with Crippen molar-refractivity contribution in [2.24, 2.45) is 5.73 Å². The molecule has 0 radical (unpaired) electrons. The van der Waals surface area contributed by atoms with Gasteiger partial charge in [-0.15, -0.1) is 0 Å². The molecule has 3 aromatic rings. The van der Waals surface area contributed by atoms with E-state index in [1.165, 1.54) is 5.56 Å². The van der Waals surface area contributed by atoms with Crippen molar-refractivity contribution in [2.75, 3.05) is 0 Å². The minimum Gasteiger partial charge on any atom is -0.326 e. The molecule has 1 heterocycles. The number of aromatic nitrogens is 1. The van der Waals surface area contributed by atoms with Crippen molar-refractivity contribution in [3.63, 3.8) is 0 Å². The van der Waals surface area contributed by atoms with Gasteiger partial charge in [0.1, 0.15) is 0 Å². The molecule has 1 aromatic heterocycles. The smallest absolute Gasteiger partial charge is 0.258 e. The van der Waals surface area contributed by atoms with E-state index in [2.05, 4.69) is 32.9 Å². The molecule has 0 spiro atoms. The first-order valence-corrected chi connectivity index (χ1v) is 8.30. The summed E-state index contributed by atoms with van der Waals surface area (Å²) in [6, 6.07) is 16.2. The Morgan fingerprint density at radius 1 is 0.958 bits per heavy atom. The van der Waals surface area contributed by atoms with E-state index in [0.29, 0.717) is 13.1 Å². The molecular weight excluding hydrogens is 296 g/mol. The van der Waals surface area contributed by atoms with Gasteiger partial charge in [-0.2, -0.15) is 0 Å². The third-order valence-electron chi connectivity index (χ3n) is 4.45. The first kappa shape index (κ1) is 16.5. The molecule has 2 aromatic carbocycles. The number of hydrogen-bond acceptors (Lipinski definition) is 2. The molecule has 3 heteroatoms. The second-order valence-electron chi connectivity index (χ2n) is 7.32. The molecule has 0 saturated carbocycles. The quantitative estimate of drug-likeness (QED) is 0.798. The maximum Gasteiger partial charge on any atom is 0.258 e. The molecule has 0 aliphatic carbocycles. The molecule has 0 amide bonds. The van der Waals surface area contributed by atoms with Crippen molar-refractivity contribution in [1.82, 2.24) is 4.57 Å². The fourth-order valence-electron chi connectivity index (χ4n) is 2.86. The monoisotopic (exact) mass is 320 g/mol. The molecule has 3 nitrogen and oxygen atoms in total. The Balaban J connectivity index is 1.97. The average Bonchev–Trinajstić information content (AvgIpc) is 2.57. The SMILES string of the molecule is CC(C)(C)c1ccc2c(=O)n(Cc3ccc(CN)cc3)ccc2c1. The molecule has 0 atom stereocenters. The van der Waals surface area contributed by atoms with Gasteiger partial charge in [-0.25, -0.2) is 0 Å². The van der Waals surface area contributed by atoms with Crippen LogP contribution in [0.25, 0.3) is 10.8 Å². The summed E-state index contributed by atoms with van der Waals surface area (Å²) in [5, 5.41) is 1.77. The Morgan fingerprint density at radius 2 is 1.62 bits per heavy atom. The summed E-state index contributed by atoms with van der Waals surface area (Å²) in [4.78, 5) is 12.8. The van der Waals surface area contributed by atoms with Gasteiger partial charge in [0.25, 0.3) is 5.56 Å². The highest BCUT2D eigenvalue weighted by Gasteiger charge is 2.14. The Hall–Kier alpha value is -2.39. The highest BCUT2D eigenvalue weighted by Crippen LogP contribution is 2.24. The Bertz CT molecular complexity index is 915. The fraction of sp³-hybridized carbons (Fsp3) is 0.286. The maximum atomic E-state index is 12.8. The van der Waals surface area contributed by atoms with Crippen molar-refractivity contribution in [1.29, 1.82) is 0 Å². The largest absolute Gasteiger partial charge is 0.326 e. The molecule has 24 heavy (non-hydrogen) atoms. The van der Waals surface area contributed by atoms with Crippen LogP contribution in [0.4, 0.5) is 0 Å². The predicted molar refractivity (Wildman–Crippen MR) is 100 cm³/mol. The Kier molecular flexibility index (Phi) is 4.29. The van der Waals surface area contributed by atoms with E-state index < -0.39 is 0 Å². The lowest BCUT2D eigenvalue weighted by Crippen LogP contribution is -2.20. The summed E-state index contributed by atoms with van der Waals surface area (Å²) in [6.07, 6.45) is 1.88. The van der Waals surface area contributed by atoms with Crippen LogP contribution in [-0.2, 0) is 18.5 Å². The van der Waals surface area contributed by atoms with Crippen molar-refractivity contribution < 1.29 is 0 Å². The van der Waals surface area contributed by atoms with Gasteiger partial charge in [0.05, 0.1) is 6.54 Å². The van der Waals surface area contributed by atoms with Crippen LogP contribution in [0.15, 0.2) is 59.5 Å². The third kappa shape index (κ3) is 3.26. The van der Waals surface area contributed by atoms with Crippen LogP contribution in [0.2, 0.25) is 0 Å². The third-order valence-corrected chi connectivity index (χ3v) is 4.45. The zero-order valence-electron chi connectivity index (χ0n) is 14.5. The van der Waals surface area contributed by atoms with Crippen LogP contribution in [0.1, 0.15) is 37.5 Å². The molecule has 0 bridgehead atoms. The van der Waals surface area contributed by atoms with Gasteiger partial charge in [0, 0.05) is 18.1 Å². The summed E-state index contributed by atoms with van der Waals surface area (Å²) in [5.41, 5.74) is 9.19. The molecule has 0 aliphatic heterocycles. The number of hydrogen-bond donors (Lipinski definition) is 1. The minimum absolute atomic E-state index is 0.0517. The van der Waals surface area contributed by atoms with Gasteiger partial charge in [0.2, 0.25) is 0 Å². The van der Waals surface area contributed by atoms with Gasteiger partial charge in [-0.1, -0.05) is 57.2 Å². The molecule has 0 aliphatic rings. The van der Waals surface area contributed by atoms with Gasteiger partial charge in [0.15, 0.2) is 0 Å². The highest BCUT2D eigenvalue weighted by molar-refractivity contribution is 5.82. The number of nitrogens with two attached hydrogens (primary N) is 1. The molecule has 3 rings (SSSR count). The van der Waals surface area contributed by atoms with Crippen LogP contribution in [-0.4, -0.2) is 4.57 Å². The van der Waals surface area contributed by atoms with E-state index in [1.54, 1.807) is 4.57 Å². The van der Waals surface area contributed by atoms with E-state index in [4.69, 9.17) is 5.73 Å². The van der Waals surface area contributed by atoms with Crippen LogP contribution < -0.4 is 11.3 Å². The highest BCUT2D eigenvalue weighted by atomic mass is 16.1. The number of nitrogens with zero attached hydrogens (tertiary/aromatic N) is 1. The van der Waals surface area contributed by atoms with Crippen LogP contribution in [0.5, 0.6) is 0 Å². The first-order valence-electron chi connectivity index (χ1n) is 8.30. The summed E-state index contributed by atoms with van der Waals surface area (Å²) in [7, 11) is 0. The summed E-state index contributed by atoms with van der Waals surface area (Å²) in [6.45, 7) is 7.65. The van der Waals surface area contributed by atoms with Crippen molar-refractivity contribution in [2.45, 2.75) is 39.3 Å². The molecule has 0 fully saturated rings. The number of benzene rings is 2. The standard InChI is InChI=1S/C21H24N2O/c1-21(2,3)18-8-9-19-17(12-18)10-11-23(20(19)24)14-16-6-4-15(13-22)5-7-16/h4-12H,13-14,22H2,1-3H3. The predicted octanol–water partition coefficient (Wildman–Crippen LogP) is 3.81. The fourth-order valence-corrected chi connectivity index (χ4v) is 2.86.